The molecule has 1 aliphatic rings. The Kier molecular flexibility index (Phi) is 5.93. The van der Waals surface area contributed by atoms with Crippen molar-refractivity contribution >= 4 is 43.0 Å². The highest BCUT2D eigenvalue weighted by atomic mass is 35.5. The molecule has 0 saturated heterocycles. The van der Waals surface area contributed by atoms with Gasteiger partial charge >= 0.3 is 0 Å². The molecule has 168 valence electrons. The number of methoxy groups -OCH3 is 1. The zero-order valence-electron chi connectivity index (χ0n) is 16.8. The number of hydrogen-bond donors (Lipinski definition) is 2. The largest absolute Gasteiger partial charge is 0.495 e. The lowest BCUT2D eigenvalue weighted by molar-refractivity contribution is 0.356. The third-order valence-corrected chi connectivity index (χ3v) is 7.87. The van der Waals surface area contributed by atoms with Gasteiger partial charge in [-0.05, 0) is 54.1 Å². The van der Waals surface area contributed by atoms with Crippen molar-refractivity contribution in [3.05, 3.63) is 71.2 Å². The summed E-state index contributed by atoms with van der Waals surface area (Å²) in [7, 11) is -6.71. The highest BCUT2D eigenvalue weighted by molar-refractivity contribution is 7.93. The lowest BCUT2D eigenvalue weighted by Crippen LogP contribution is -2.16. The molecule has 3 aromatic rings. The molecule has 0 atom stereocenters. The number of para-hydroxylation sites is 1. The molecule has 3 aromatic carbocycles. The second-order valence-electron chi connectivity index (χ2n) is 6.92. The number of ether oxygens (including phenoxy) is 2. The summed E-state index contributed by atoms with van der Waals surface area (Å²) in [5.41, 5.74) is 0.971. The van der Waals surface area contributed by atoms with Crippen molar-refractivity contribution in [2.24, 2.45) is 0 Å². The fourth-order valence-corrected chi connectivity index (χ4v) is 5.67. The zero-order valence-corrected chi connectivity index (χ0v) is 19.2. The Hall–Kier alpha value is -2.95. The van der Waals surface area contributed by atoms with E-state index >= 15 is 0 Å². The monoisotopic (exact) mass is 494 g/mol. The van der Waals surface area contributed by atoms with Crippen molar-refractivity contribution in [2.45, 2.75) is 16.2 Å². The van der Waals surface area contributed by atoms with Gasteiger partial charge in [0.1, 0.15) is 11.5 Å². The predicted octanol–water partition coefficient (Wildman–Crippen LogP) is 3.89. The van der Waals surface area contributed by atoms with E-state index in [1.165, 1.54) is 43.5 Å². The van der Waals surface area contributed by atoms with Crippen LogP contribution >= 0.6 is 11.6 Å². The molecule has 2 N–H and O–H groups in total. The van der Waals surface area contributed by atoms with E-state index in [1.807, 2.05) is 0 Å². The minimum atomic E-state index is -4.05. The maximum Gasteiger partial charge on any atom is 0.262 e. The summed E-state index contributed by atoms with van der Waals surface area (Å²) in [6.45, 7) is 0.498. The fourth-order valence-electron chi connectivity index (χ4n) is 3.22. The molecule has 0 aromatic heterocycles. The average Bonchev–Trinajstić information content (AvgIpc) is 3.23. The van der Waals surface area contributed by atoms with Crippen LogP contribution in [-0.4, -0.2) is 30.6 Å². The normalized spacial score (nSPS) is 13.2. The Morgan fingerprint density at radius 1 is 0.875 bits per heavy atom. The Morgan fingerprint density at radius 3 is 2.25 bits per heavy atom. The summed E-state index contributed by atoms with van der Waals surface area (Å²) in [6, 6.07) is 14.8. The van der Waals surface area contributed by atoms with Crippen LogP contribution in [-0.2, 0) is 26.5 Å². The lowest BCUT2D eigenvalue weighted by atomic mass is 10.2. The third-order valence-electron chi connectivity index (χ3n) is 4.81. The fraction of sp³-hybridized carbons (Fsp3) is 0.143. The van der Waals surface area contributed by atoms with Gasteiger partial charge in [-0.2, -0.15) is 0 Å². The molecule has 0 saturated carbocycles. The van der Waals surface area contributed by atoms with Crippen LogP contribution in [0.2, 0.25) is 5.02 Å². The molecule has 0 aliphatic carbocycles. The molecule has 0 unspecified atom stereocenters. The van der Waals surface area contributed by atoms with Crippen molar-refractivity contribution < 1.29 is 26.3 Å². The van der Waals surface area contributed by atoms with Gasteiger partial charge in [-0.25, -0.2) is 16.8 Å². The first-order valence-electron chi connectivity index (χ1n) is 9.43. The van der Waals surface area contributed by atoms with Crippen LogP contribution in [0.1, 0.15) is 5.56 Å². The Morgan fingerprint density at radius 2 is 1.53 bits per heavy atom. The van der Waals surface area contributed by atoms with Gasteiger partial charge in [0.2, 0.25) is 0 Å². The highest BCUT2D eigenvalue weighted by Crippen LogP contribution is 2.33. The van der Waals surface area contributed by atoms with Crippen molar-refractivity contribution in [3.8, 4) is 11.5 Å². The quantitative estimate of drug-likeness (QED) is 0.515. The molecular formula is C21H19ClN2O6S2. The zero-order chi connectivity index (χ0) is 22.9. The lowest BCUT2D eigenvalue weighted by Gasteiger charge is -2.15. The molecular weight excluding hydrogens is 476 g/mol. The van der Waals surface area contributed by atoms with Crippen molar-refractivity contribution in [1.82, 2.24) is 0 Å². The third kappa shape index (κ3) is 4.47. The Labute approximate surface area is 191 Å². The molecule has 0 radical (unpaired) electrons. The van der Waals surface area contributed by atoms with Crippen molar-refractivity contribution in [1.29, 1.82) is 0 Å². The molecule has 0 amide bonds. The second kappa shape index (κ2) is 8.53. The summed E-state index contributed by atoms with van der Waals surface area (Å²) in [6.07, 6.45) is 0.615. The van der Waals surface area contributed by atoms with Crippen LogP contribution in [0, 0.1) is 0 Å². The predicted molar refractivity (Wildman–Crippen MR) is 122 cm³/mol. The van der Waals surface area contributed by atoms with E-state index in [9.17, 15) is 16.8 Å². The number of halogens is 1. The Bertz CT molecular complexity index is 1390. The summed E-state index contributed by atoms with van der Waals surface area (Å²) < 4.78 is 67.1. The Balaban J connectivity index is 1.67. The number of hydrogen-bond acceptors (Lipinski definition) is 6. The second-order valence-corrected chi connectivity index (χ2v) is 10.7. The molecule has 0 fully saturated rings. The first-order valence-corrected chi connectivity index (χ1v) is 12.8. The number of benzene rings is 3. The van der Waals surface area contributed by atoms with E-state index < -0.39 is 20.0 Å². The van der Waals surface area contributed by atoms with Crippen molar-refractivity contribution in [2.75, 3.05) is 23.2 Å². The van der Waals surface area contributed by atoms with Gasteiger partial charge in [-0.15, -0.1) is 0 Å². The van der Waals surface area contributed by atoms with Crippen LogP contribution in [0.4, 0.5) is 11.4 Å². The molecule has 8 nitrogen and oxygen atoms in total. The summed E-state index contributed by atoms with van der Waals surface area (Å²) in [5, 5.41) is 0.228. The summed E-state index contributed by atoms with van der Waals surface area (Å²) >= 11 is 6.04. The van der Waals surface area contributed by atoms with E-state index in [-0.39, 0.29) is 31.9 Å². The molecule has 1 aliphatic heterocycles. The topological polar surface area (TPSA) is 111 Å². The van der Waals surface area contributed by atoms with Crippen LogP contribution in [0.25, 0.3) is 0 Å². The standard InChI is InChI=1S/C21H19ClN2O6S2/c1-29-21-9-7-16(32(27,28)23-18-5-3-2-4-17(18)22)13-19(21)24-31(25,26)15-6-8-20-14(12-15)10-11-30-20/h2-9,12-13,23-24H,10-11H2,1H3. The molecule has 0 spiro atoms. The van der Waals surface area contributed by atoms with Gasteiger partial charge in [0.05, 0.1) is 39.9 Å². The number of anilines is 2. The van der Waals surface area contributed by atoms with Crippen molar-refractivity contribution in [3.63, 3.8) is 0 Å². The summed E-state index contributed by atoms with van der Waals surface area (Å²) in [4.78, 5) is -0.135. The molecule has 11 heteroatoms. The number of nitrogens with one attached hydrogen (secondary N) is 2. The number of sulfonamides is 2. The van der Waals surface area contributed by atoms with Gasteiger partial charge in [0.15, 0.2) is 0 Å². The first kappa shape index (κ1) is 22.3. The van der Waals surface area contributed by atoms with E-state index in [4.69, 9.17) is 21.1 Å². The number of rotatable bonds is 7. The van der Waals surface area contributed by atoms with Crippen LogP contribution in [0.3, 0.4) is 0 Å². The molecule has 32 heavy (non-hydrogen) atoms. The van der Waals surface area contributed by atoms with E-state index in [1.54, 1.807) is 24.3 Å². The van der Waals surface area contributed by atoms with Gasteiger partial charge in [0, 0.05) is 6.42 Å². The van der Waals surface area contributed by atoms with Crippen LogP contribution in [0.5, 0.6) is 11.5 Å². The SMILES string of the molecule is COc1ccc(S(=O)(=O)Nc2ccccc2Cl)cc1NS(=O)(=O)c1ccc2c(c1)CCO2. The molecule has 4 rings (SSSR count). The van der Waals surface area contributed by atoms with Gasteiger partial charge in [-0.3, -0.25) is 9.44 Å². The highest BCUT2D eigenvalue weighted by Gasteiger charge is 2.23. The van der Waals surface area contributed by atoms with E-state index in [2.05, 4.69) is 9.44 Å². The van der Waals surface area contributed by atoms with Crippen LogP contribution < -0.4 is 18.9 Å². The minimum Gasteiger partial charge on any atom is -0.495 e. The average molecular weight is 495 g/mol. The number of fused-ring (bicyclic) bond motifs is 1. The van der Waals surface area contributed by atoms with Crippen LogP contribution in [0.15, 0.2) is 70.5 Å². The smallest absolute Gasteiger partial charge is 0.262 e. The molecule has 0 bridgehead atoms. The van der Waals surface area contributed by atoms with E-state index in [0.29, 0.717) is 18.8 Å². The first-order chi connectivity index (χ1) is 15.2. The summed E-state index contributed by atoms with van der Waals surface area (Å²) in [5.74, 6) is 0.815. The van der Waals surface area contributed by atoms with Gasteiger partial charge in [0.25, 0.3) is 20.0 Å². The minimum absolute atomic E-state index is 0.0220. The molecule has 1 heterocycles. The maximum absolute atomic E-state index is 13.0. The van der Waals surface area contributed by atoms with E-state index in [0.717, 1.165) is 5.56 Å². The van der Waals surface area contributed by atoms with Gasteiger partial charge in [-0.1, -0.05) is 23.7 Å². The van der Waals surface area contributed by atoms with Gasteiger partial charge < -0.3 is 9.47 Å². The maximum atomic E-state index is 13.0.